The number of ether oxygens (including phenoxy) is 1. The number of hydrogen-bond donors (Lipinski definition) is 2. The van der Waals surface area contributed by atoms with Crippen molar-refractivity contribution in [2.45, 2.75) is 37.1 Å². The van der Waals surface area contributed by atoms with Gasteiger partial charge in [0.1, 0.15) is 0 Å². The van der Waals surface area contributed by atoms with Gasteiger partial charge in [-0.15, -0.1) is 0 Å². The summed E-state index contributed by atoms with van der Waals surface area (Å²) in [4.78, 5) is 0.367. The van der Waals surface area contributed by atoms with Crippen molar-refractivity contribution in [1.29, 1.82) is 0 Å². The van der Waals surface area contributed by atoms with Crippen molar-refractivity contribution in [3.05, 3.63) is 23.8 Å². The lowest BCUT2D eigenvalue weighted by atomic mass is 10.0. The molecule has 0 fully saturated rings. The smallest absolute Gasteiger partial charge is 0.241 e. The Kier molecular flexibility index (Phi) is 4.36. The highest BCUT2D eigenvalue weighted by molar-refractivity contribution is 7.89. The molecule has 2 N–H and O–H groups in total. The van der Waals surface area contributed by atoms with Crippen molar-refractivity contribution in [2.75, 3.05) is 25.6 Å². The second kappa shape index (κ2) is 5.71. The molecule has 0 unspecified atom stereocenters. The molecular formula is C14H22N2O3S. The van der Waals surface area contributed by atoms with Gasteiger partial charge in [0.2, 0.25) is 10.0 Å². The maximum Gasteiger partial charge on any atom is 0.241 e. The highest BCUT2D eigenvalue weighted by atomic mass is 32.2. The number of rotatable bonds is 5. The van der Waals surface area contributed by atoms with Crippen LogP contribution in [0.4, 0.5) is 5.69 Å². The van der Waals surface area contributed by atoms with Gasteiger partial charge in [0.25, 0.3) is 0 Å². The summed E-state index contributed by atoms with van der Waals surface area (Å²) in [6, 6.07) is 5.36. The molecule has 0 aromatic heterocycles. The van der Waals surface area contributed by atoms with Crippen molar-refractivity contribution in [1.82, 2.24) is 4.72 Å². The Balaban J connectivity index is 2.35. The molecule has 0 saturated heterocycles. The van der Waals surface area contributed by atoms with Crippen LogP contribution in [0.25, 0.3) is 0 Å². The lowest BCUT2D eigenvalue weighted by Crippen LogP contribution is -2.46. The standard InChI is InChI=1S/C14H22N2O3S/c1-14(2,10-19-3)16-20(17,18)13-8-4-7-12-11(13)6-5-9-15-12/h4,7-8,15-16H,5-6,9-10H2,1-3H3. The lowest BCUT2D eigenvalue weighted by molar-refractivity contribution is 0.141. The molecule has 1 aliphatic heterocycles. The first kappa shape index (κ1) is 15.3. The minimum absolute atomic E-state index is 0.319. The number of hydrogen-bond acceptors (Lipinski definition) is 4. The predicted octanol–water partition coefficient (Wildman–Crippen LogP) is 1.75. The van der Waals surface area contributed by atoms with E-state index in [4.69, 9.17) is 4.74 Å². The minimum atomic E-state index is -3.55. The Morgan fingerprint density at radius 2 is 2.15 bits per heavy atom. The van der Waals surface area contributed by atoms with Crippen molar-refractivity contribution in [3.8, 4) is 0 Å². The van der Waals surface area contributed by atoms with Crippen LogP contribution in [0.5, 0.6) is 0 Å². The fourth-order valence-electron chi connectivity index (χ4n) is 2.54. The molecule has 6 heteroatoms. The summed E-state index contributed by atoms with van der Waals surface area (Å²) in [5.41, 5.74) is 1.15. The van der Waals surface area contributed by atoms with Crippen molar-refractivity contribution in [2.24, 2.45) is 0 Å². The molecule has 112 valence electrons. The first-order chi connectivity index (χ1) is 9.36. The average Bonchev–Trinajstić information content (AvgIpc) is 2.36. The van der Waals surface area contributed by atoms with Crippen LogP contribution < -0.4 is 10.0 Å². The second-order valence-electron chi connectivity index (χ2n) is 5.73. The van der Waals surface area contributed by atoms with Crippen molar-refractivity contribution in [3.63, 3.8) is 0 Å². The number of fused-ring (bicyclic) bond motifs is 1. The van der Waals surface area contributed by atoms with Gasteiger partial charge >= 0.3 is 0 Å². The molecule has 0 bridgehead atoms. The summed E-state index contributed by atoms with van der Waals surface area (Å²) < 4.78 is 33.0. The van der Waals surface area contributed by atoms with Gasteiger partial charge in [-0.2, -0.15) is 0 Å². The molecule has 0 atom stereocenters. The van der Waals surface area contributed by atoms with Gasteiger partial charge in [0.05, 0.1) is 17.0 Å². The summed E-state index contributed by atoms with van der Waals surface area (Å²) in [5.74, 6) is 0. The molecule has 1 aromatic carbocycles. The normalized spacial score (nSPS) is 15.6. The molecular weight excluding hydrogens is 276 g/mol. The maximum absolute atomic E-state index is 12.6. The van der Waals surface area contributed by atoms with Crippen molar-refractivity contribution >= 4 is 15.7 Å². The first-order valence-electron chi connectivity index (χ1n) is 6.74. The molecule has 0 spiro atoms. The molecule has 20 heavy (non-hydrogen) atoms. The zero-order valence-corrected chi connectivity index (χ0v) is 13.0. The highest BCUT2D eigenvalue weighted by Crippen LogP contribution is 2.28. The van der Waals surface area contributed by atoms with E-state index in [2.05, 4.69) is 10.0 Å². The topological polar surface area (TPSA) is 67.4 Å². The van der Waals surface area contributed by atoms with E-state index in [-0.39, 0.29) is 0 Å². The fourth-order valence-corrected chi connectivity index (χ4v) is 4.23. The van der Waals surface area contributed by atoms with E-state index in [9.17, 15) is 8.42 Å². The largest absolute Gasteiger partial charge is 0.385 e. The van der Waals surface area contributed by atoms with Gasteiger partial charge in [0.15, 0.2) is 0 Å². The highest BCUT2D eigenvalue weighted by Gasteiger charge is 2.29. The van der Waals surface area contributed by atoms with Gasteiger partial charge in [-0.3, -0.25) is 0 Å². The Hall–Kier alpha value is -1.11. The molecule has 0 radical (unpaired) electrons. The van der Waals surface area contributed by atoms with Crippen LogP contribution in [-0.4, -0.2) is 34.2 Å². The third-order valence-electron chi connectivity index (χ3n) is 3.26. The van der Waals surface area contributed by atoms with Gasteiger partial charge in [0, 0.05) is 19.3 Å². The molecule has 0 amide bonds. The van der Waals surface area contributed by atoms with E-state index < -0.39 is 15.6 Å². The fraction of sp³-hybridized carbons (Fsp3) is 0.571. The monoisotopic (exact) mass is 298 g/mol. The third kappa shape index (κ3) is 3.31. The van der Waals surface area contributed by atoms with E-state index in [0.717, 1.165) is 30.6 Å². The zero-order chi connectivity index (χ0) is 14.8. The average molecular weight is 298 g/mol. The number of anilines is 1. The summed E-state index contributed by atoms with van der Waals surface area (Å²) >= 11 is 0. The van der Waals surface area contributed by atoms with Crippen LogP contribution in [0.15, 0.2) is 23.1 Å². The van der Waals surface area contributed by atoms with Crippen LogP contribution in [0, 0.1) is 0 Å². The first-order valence-corrected chi connectivity index (χ1v) is 8.23. The van der Waals surface area contributed by atoms with Crippen LogP contribution in [0.2, 0.25) is 0 Å². The molecule has 0 saturated carbocycles. The Morgan fingerprint density at radius 3 is 2.85 bits per heavy atom. The van der Waals surface area contributed by atoms with Crippen LogP contribution in [-0.2, 0) is 21.2 Å². The summed E-state index contributed by atoms with van der Waals surface area (Å²) in [6.45, 7) is 4.82. The van der Waals surface area contributed by atoms with E-state index in [1.54, 1.807) is 19.2 Å². The van der Waals surface area contributed by atoms with E-state index in [1.165, 1.54) is 0 Å². The molecule has 2 rings (SSSR count). The Morgan fingerprint density at radius 1 is 1.40 bits per heavy atom. The van der Waals surface area contributed by atoms with Gasteiger partial charge in [-0.25, -0.2) is 13.1 Å². The molecule has 1 aliphatic rings. The molecule has 5 nitrogen and oxygen atoms in total. The summed E-state index contributed by atoms with van der Waals surface area (Å²) in [5, 5.41) is 3.25. The van der Waals surface area contributed by atoms with Crippen molar-refractivity contribution < 1.29 is 13.2 Å². The van der Waals surface area contributed by atoms with E-state index in [0.29, 0.717) is 11.5 Å². The Labute approximate surface area is 120 Å². The second-order valence-corrected chi connectivity index (χ2v) is 7.39. The van der Waals surface area contributed by atoms with Gasteiger partial charge in [-0.05, 0) is 44.4 Å². The number of methoxy groups -OCH3 is 1. The Bertz CT molecular complexity index is 582. The van der Waals surface area contributed by atoms with Gasteiger partial charge in [-0.1, -0.05) is 6.07 Å². The summed E-state index contributed by atoms with van der Waals surface area (Å²) in [7, 11) is -1.99. The molecule has 1 heterocycles. The maximum atomic E-state index is 12.6. The number of sulfonamides is 1. The SMILES string of the molecule is COCC(C)(C)NS(=O)(=O)c1cccc2c1CCCN2. The quantitative estimate of drug-likeness (QED) is 0.869. The molecule has 1 aromatic rings. The van der Waals surface area contributed by atoms with Crippen LogP contribution in [0.1, 0.15) is 25.8 Å². The van der Waals surface area contributed by atoms with E-state index in [1.807, 2.05) is 19.9 Å². The molecule has 0 aliphatic carbocycles. The lowest BCUT2D eigenvalue weighted by Gasteiger charge is -2.27. The predicted molar refractivity (Wildman–Crippen MR) is 79.5 cm³/mol. The van der Waals surface area contributed by atoms with Crippen LogP contribution >= 0.6 is 0 Å². The van der Waals surface area contributed by atoms with E-state index >= 15 is 0 Å². The van der Waals surface area contributed by atoms with Crippen LogP contribution in [0.3, 0.4) is 0 Å². The van der Waals surface area contributed by atoms with Gasteiger partial charge < -0.3 is 10.1 Å². The zero-order valence-electron chi connectivity index (χ0n) is 12.2. The minimum Gasteiger partial charge on any atom is -0.385 e. The third-order valence-corrected chi connectivity index (χ3v) is 5.04. The number of benzene rings is 1. The summed E-state index contributed by atoms with van der Waals surface area (Å²) in [6.07, 6.45) is 1.73. The number of nitrogens with one attached hydrogen (secondary N) is 2.